The first-order valence-electron chi connectivity index (χ1n) is 7.94. The Morgan fingerprint density at radius 3 is 2.70 bits per heavy atom. The number of hydrogen-bond donors (Lipinski definition) is 2. The maximum absolute atomic E-state index is 12.4. The van der Waals surface area contributed by atoms with Crippen molar-refractivity contribution in [3.63, 3.8) is 0 Å². The van der Waals surface area contributed by atoms with E-state index >= 15 is 0 Å². The van der Waals surface area contributed by atoms with Crippen molar-refractivity contribution in [1.29, 1.82) is 0 Å². The van der Waals surface area contributed by atoms with E-state index < -0.39 is 0 Å². The molecule has 23 heavy (non-hydrogen) atoms. The SMILES string of the molecule is CO[C@@H]1CC[C@H](NC(=O)N[C@H](c2ccccc2)c2ccco2)C1. The first kappa shape index (κ1) is 15.6. The maximum atomic E-state index is 12.4. The van der Waals surface area contributed by atoms with E-state index in [4.69, 9.17) is 9.15 Å². The summed E-state index contributed by atoms with van der Waals surface area (Å²) in [5.41, 5.74) is 0.985. The lowest BCUT2D eigenvalue weighted by atomic mass is 10.0. The average molecular weight is 314 g/mol. The van der Waals surface area contributed by atoms with Gasteiger partial charge in [-0.2, -0.15) is 0 Å². The Morgan fingerprint density at radius 2 is 2.04 bits per heavy atom. The molecule has 2 aromatic rings. The van der Waals surface area contributed by atoms with Crippen molar-refractivity contribution in [1.82, 2.24) is 10.6 Å². The van der Waals surface area contributed by atoms with E-state index in [0.29, 0.717) is 5.76 Å². The third-order valence-electron chi connectivity index (χ3n) is 4.29. The third kappa shape index (κ3) is 3.93. The molecule has 122 valence electrons. The molecule has 5 nitrogen and oxygen atoms in total. The predicted octanol–water partition coefficient (Wildman–Crippen LogP) is 3.24. The van der Waals surface area contributed by atoms with E-state index in [1.165, 1.54) is 0 Å². The van der Waals surface area contributed by atoms with E-state index in [1.54, 1.807) is 13.4 Å². The van der Waals surface area contributed by atoms with Crippen LogP contribution in [0, 0.1) is 0 Å². The van der Waals surface area contributed by atoms with Gasteiger partial charge in [-0.15, -0.1) is 0 Å². The molecule has 3 atom stereocenters. The van der Waals surface area contributed by atoms with Crippen molar-refractivity contribution in [2.45, 2.75) is 37.5 Å². The fourth-order valence-corrected chi connectivity index (χ4v) is 3.06. The Labute approximate surface area is 136 Å². The highest BCUT2D eigenvalue weighted by Gasteiger charge is 2.27. The number of amides is 2. The number of furan rings is 1. The molecule has 5 heteroatoms. The van der Waals surface area contributed by atoms with E-state index in [9.17, 15) is 4.79 Å². The van der Waals surface area contributed by atoms with Gasteiger partial charge in [0.2, 0.25) is 0 Å². The van der Waals surface area contributed by atoms with E-state index in [0.717, 1.165) is 24.8 Å². The molecule has 2 N–H and O–H groups in total. The molecule has 0 bridgehead atoms. The third-order valence-corrected chi connectivity index (χ3v) is 4.29. The Kier molecular flexibility index (Phi) is 4.98. The second-order valence-corrected chi connectivity index (χ2v) is 5.84. The lowest BCUT2D eigenvalue weighted by molar-refractivity contribution is 0.107. The summed E-state index contributed by atoms with van der Waals surface area (Å²) in [6, 6.07) is 13.2. The zero-order valence-electron chi connectivity index (χ0n) is 13.2. The molecule has 1 aliphatic rings. The van der Waals surface area contributed by atoms with Crippen LogP contribution in [0.4, 0.5) is 4.79 Å². The molecule has 0 unspecified atom stereocenters. The summed E-state index contributed by atoms with van der Waals surface area (Å²) in [5, 5.41) is 6.04. The van der Waals surface area contributed by atoms with Gasteiger partial charge in [0, 0.05) is 13.2 Å². The number of hydrogen-bond acceptors (Lipinski definition) is 3. The summed E-state index contributed by atoms with van der Waals surface area (Å²) in [4.78, 5) is 12.4. The first-order chi connectivity index (χ1) is 11.3. The Morgan fingerprint density at radius 1 is 1.22 bits per heavy atom. The minimum Gasteiger partial charge on any atom is -0.467 e. The van der Waals surface area contributed by atoms with Crippen molar-refractivity contribution in [2.75, 3.05) is 7.11 Å². The minimum atomic E-state index is -0.300. The quantitative estimate of drug-likeness (QED) is 0.890. The summed E-state index contributed by atoms with van der Waals surface area (Å²) in [5.74, 6) is 0.715. The zero-order valence-corrected chi connectivity index (χ0v) is 13.2. The summed E-state index contributed by atoms with van der Waals surface area (Å²) < 4.78 is 10.8. The van der Waals surface area contributed by atoms with E-state index in [2.05, 4.69) is 10.6 Å². The predicted molar refractivity (Wildman–Crippen MR) is 87.1 cm³/mol. The molecule has 0 aliphatic heterocycles. The topological polar surface area (TPSA) is 63.5 Å². The van der Waals surface area contributed by atoms with Crippen LogP contribution >= 0.6 is 0 Å². The van der Waals surface area contributed by atoms with Crippen LogP contribution in [-0.2, 0) is 4.74 Å². The lowest BCUT2D eigenvalue weighted by Crippen LogP contribution is -2.43. The van der Waals surface area contributed by atoms with Gasteiger partial charge in [-0.1, -0.05) is 30.3 Å². The standard InChI is InChI=1S/C18H22N2O3/c1-22-15-10-9-14(12-15)19-18(21)20-17(16-8-5-11-23-16)13-6-3-2-4-7-13/h2-8,11,14-15,17H,9-10,12H2,1H3,(H2,19,20,21)/t14-,15+,17+/m0/s1. The van der Waals surface area contributed by atoms with Crippen LogP contribution in [-0.4, -0.2) is 25.3 Å². The maximum Gasteiger partial charge on any atom is 0.315 e. The molecular weight excluding hydrogens is 292 g/mol. The molecule has 1 aromatic carbocycles. The fraction of sp³-hybridized carbons (Fsp3) is 0.389. The Hall–Kier alpha value is -2.27. The van der Waals surface area contributed by atoms with Crippen molar-refractivity contribution < 1.29 is 13.9 Å². The van der Waals surface area contributed by atoms with Crippen LogP contribution < -0.4 is 10.6 Å². The van der Waals surface area contributed by atoms with Gasteiger partial charge in [-0.05, 0) is 37.0 Å². The second-order valence-electron chi connectivity index (χ2n) is 5.84. The van der Waals surface area contributed by atoms with Gasteiger partial charge < -0.3 is 19.8 Å². The molecule has 1 heterocycles. The van der Waals surface area contributed by atoms with Crippen LogP contribution in [0.2, 0.25) is 0 Å². The second kappa shape index (κ2) is 7.33. The molecule has 1 aliphatic carbocycles. The van der Waals surface area contributed by atoms with Crippen LogP contribution in [0.1, 0.15) is 36.6 Å². The molecule has 0 saturated heterocycles. The Balaban J connectivity index is 1.66. The molecule has 1 saturated carbocycles. The number of methoxy groups -OCH3 is 1. The van der Waals surface area contributed by atoms with Gasteiger partial charge in [-0.25, -0.2) is 4.79 Å². The smallest absolute Gasteiger partial charge is 0.315 e. The number of urea groups is 1. The molecule has 2 amide bonds. The fourth-order valence-electron chi connectivity index (χ4n) is 3.06. The van der Waals surface area contributed by atoms with Gasteiger partial charge >= 0.3 is 6.03 Å². The van der Waals surface area contributed by atoms with Crippen LogP contribution in [0.15, 0.2) is 53.1 Å². The minimum absolute atomic E-state index is 0.160. The summed E-state index contributed by atoms with van der Waals surface area (Å²) >= 11 is 0. The highest BCUT2D eigenvalue weighted by molar-refractivity contribution is 5.75. The Bertz CT molecular complexity index is 612. The number of carbonyl (C=O) groups excluding carboxylic acids is 1. The van der Waals surface area contributed by atoms with Crippen LogP contribution in [0.25, 0.3) is 0 Å². The summed E-state index contributed by atoms with van der Waals surface area (Å²) in [7, 11) is 1.72. The largest absolute Gasteiger partial charge is 0.467 e. The number of carbonyl (C=O) groups is 1. The average Bonchev–Trinajstić information content (AvgIpc) is 3.25. The number of nitrogens with one attached hydrogen (secondary N) is 2. The van der Waals surface area contributed by atoms with Gasteiger partial charge in [0.05, 0.1) is 12.4 Å². The molecule has 0 radical (unpaired) electrons. The molecule has 1 aromatic heterocycles. The van der Waals surface area contributed by atoms with Gasteiger partial charge in [0.15, 0.2) is 0 Å². The van der Waals surface area contributed by atoms with E-state index in [-0.39, 0.29) is 24.2 Å². The van der Waals surface area contributed by atoms with Crippen LogP contribution in [0.5, 0.6) is 0 Å². The van der Waals surface area contributed by atoms with Crippen molar-refractivity contribution in [3.05, 3.63) is 60.1 Å². The number of rotatable bonds is 5. The van der Waals surface area contributed by atoms with Gasteiger partial charge in [-0.3, -0.25) is 0 Å². The summed E-state index contributed by atoms with van der Waals surface area (Å²) in [6.45, 7) is 0. The summed E-state index contributed by atoms with van der Waals surface area (Å²) in [6.07, 6.45) is 4.66. The molecule has 0 spiro atoms. The normalized spacial score (nSPS) is 21.8. The monoisotopic (exact) mass is 314 g/mol. The molecule has 1 fully saturated rings. The van der Waals surface area contributed by atoms with Crippen molar-refractivity contribution >= 4 is 6.03 Å². The van der Waals surface area contributed by atoms with Crippen molar-refractivity contribution in [2.24, 2.45) is 0 Å². The van der Waals surface area contributed by atoms with Gasteiger partial charge in [0.25, 0.3) is 0 Å². The first-order valence-corrected chi connectivity index (χ1v) is 7.94. The van der Waals surface area contributed by atoms with Crippen molar-refractivity contribution in [3.8, 4) is 0 Å². The highest BCUT2D eigenvalue weighted by Crippen LogP contribution is 2.23. The highest BCUT2D eigenvalue weighted by atomic mass is 16.5. The lowest BCUT2D eigenvalue weighted by Gasteiger charge is -2.20. The van der Waals surface area contributed by atoms with E-state index in [1.807, 2.05) is 42.5 Å². The number of ether oxygens (including phenoxy) is 1. The number of benzene rings is 1. The molecule has 3 rings (SSSR count). The van der Waals surface area contributed by atoms with Crippen LogP contribution in [0.3, 0.4) is 0 Å². The molecular formula is C18H22N2O3. The zero-order chi connectivity index (χ0) is 16.1. The van der Waals surface area contributed by atoms with Gasteiger partial charge in [0.1, 0.15) is 11.8 Å².